The van der Waals surface area contributed by atoms with Gasteiger partial charge in [0, 0.05) is 19.6 Å². The number of nitrogens with one attached hydrogen (secondary N) is 1. The molecule has 122 valence electrons. The van der Waals surface area contributed by atoms with E-state index in [2.05, 4.69) is 17.1 Å². The second-order valence-corrected chi connectivity index (χ2v) is 5.31. The van der Waals surface area contributed by atoms with Crippen LogP contribution in [0.1, 0.15) is 35.9 Å². The molecule has 1 unspecified atom stereocenters. The third-order valence-electron chi connectivity index (χ3n) is 3.57. The highest BCUT2D eigenvalue weighted by atomic mass is 35.5. The summed E-state index contributed by atoms with van der Waals surface area (Å²) in [6.45, 7) is 6.47. The quantitative estimate of drug-likeness (QED) is 0.862. The fourth-order valence-electron chi connectivity index (χ4n) is 2.53. The first-order valence-corrected chi connectivity index (χ1v) is 6.97. The van der Waals surface area contributed by atoms with Crippen molar-refractivity contribution < 1.29 is 9.21 Å². The Kier molecular flexibility index (Phi) is 9.70. The van der Waals surface area contributed by atoms with Crippen molar-refractivity contribution in [3.05, 3.63) is 23.7 Å². The minimum atomic E-state index is -0.0893. The molecule has 3 N–H and O–H groups in total. The van der Waals surface area contributed by atoms with Gasteiger partial charge < -0.3 is 20.4 Å². The van der Waals surface area contributed by atoms with E-state index in [-0.39, 0.29) is 30.7 Å². The molecule has 0 aliphatic carbocycles. The van der Waals surface area contributed by atoms with Gasteiger partial charge in [-0.1, -0.05) is 6.92 Å². The molecular formula is C14H25Cl2N3O2. The summed E-state index contributed by atoms with van der Waals surface area (Å²) in [4.78, 5) is 14.3. The third kappa shape index (κ3) is 6.26. The van der Waals surface area contributed by atoms with Crippen LogP contribution in [0.3, 0.4) is 0 Å². The average Bonchev–Trinajstić information content (AvgIpc) is 2.87. The molecule has 1 fully saturated rings. The Balaban J connectivity index is 0.00000200. The Morgan fingerprint density at radius 2 is 2.29 bits per heavy atom. The first-order valence-electron chi connectivity index (χ1n) is 6.97. The summed E-state index contributed by atoms with van der Waals surface area (Å²) in [6.07, 6.45) is 4.04. The Labute approximate surface area is 138 Å². The second kappa shape index (κ2) is 10.1. The summed E-state index contributed by atoms with van der Waals surface area (Å²) in [5, 5.41) is 2.92. The monoisotopic (exact) mass is 337 g/mol. The van der Waals surface area contributed by atoms with Gasteiger partial charge in [-0.15, -0.1) is 24.8 Å². The smallest absolute Gasteiger partial charge is 0.254 e. The maximum absolute atomic E-state index is 11.8. The average molecular weight is 338 g/mol. The zero-order valence-electron chi connectivity index (χ0n) is 12.3. The number of nitrogens with two attached hydrogens (primary N) is 1. The van der Waals surface area contributed by atoms with Gasteiger partial charge in [0.25, 0.3) is 5.91 Å². The Morgan fingerprint density at radius 3 is 2.90 bits per heavy atom. The fourth-order valence-corrected chi connectivity index (χ4v) is 2.53. The number of likely N-dealkylation sites (tertiary alicyclic amines) is 1. The first-order chi connectivity index (χ1) is 9.19. The molecule has 1 aliphatic heterocycles. The number of carbonyl (C=O) groups excluding carboxylic acids is 1. The van der Waals surface area contributed by atoms with Crippen LogP contribution < -0.4 is 11.1 Å². The minimum Gasteiger partial charge on any atom is -0.467 e. The standard InChI is InChI=1S/C14H23N3O2.2ClH/c1-11-3-2-5-17(9-11)6-4-16-14(18)12-7-13(8-15)19-10-12;;/h7,10-11H,2-6,8-9,15H2,1H3,(H,16,18);2*1H. The molecule has 1 aromatic rings. The van der Waals surface area contributed by atoms with Crippen molar-refractivity contribution in [2.75, 3.05) is 26.2 Å². The Morgan fingerprint density at radius 1 is 1.52 bits per heavy atom. The zero-order chi connectivity index (χ0) is 13.7. The summed E-state index contributed by atoms with van der Waals surface area (Å²) in [5.74, 6) is 1.31. The predicted octanol–water partition coefficient (Wildman–Crippen LogP) is 2.04. The van der Waals surface area contributed by atoms with Gasteiger partial charge >= 0.3 is 0 Å². The van der Waals surface area contributed by atoms with Crippen LogP contribution in [-0.4, -0.2) is 37.0 Å². The van der Waals surface area contributed by atoms with Crippen molar-refractivity contribution in [1.29, 1.82) is 0 Å². The SMILES string of the molecule is CC1CCCN(CCNC(=O)c2coc(CN)c2)C1.Cl.Cl. The van der Waals surface area contributed by atoms with Crippen LogP contribution in [0.25, 0.3) is 0 Å². The van der Waals surface area contributed by atoms with E-state index in [0.717, 1.165) is 25.6 Å². The van der Waals surface area contributed by atoms with Crippen molar-refractivity contribution in [2.24, 2.45) is 11.7 Å². The summed E-state index contributed by atoms with van der Waals surface area (Å²) < 4.78 is 5.15. The van der Waals surface area contributed by atoms with Crippen LogP contribution >= 0.6 is 24.8 Å². The van der Waals surface area contributed by atoms with Crippen LogP contribution in [0.4, 0.5) is 0 Å². The van der Waals surface area contributed by atoms with Crippen molar-refractivity contribution in [3.63, 3.8) is 0 Å². The first kappa shape index (κ1) is 20.2. The molecular weight excluding hydrogens is 313 g/mol. The fraction of sp³-hybridized carbons (Fsp3) is 0.643. The molecule has 0 bridgehead atoms. The lowest BCUT2D eigenvalue weighted by Crippen LogP contribution is -2.40. The topological polar surface area (TPSA) is 71.5 Å². The normalized spacial score (nSPS) is 18.5. The van der Waals surface area contributed by atoms with E-state index < -0.39 is 0 Å². The number of halogens is 2. The third-order valence-corrected chi connectivity index (χ3v) is 3.57. The van der Waals surface area contributed by atoms with Crippen LogP contribution in [0.2, 0.25) is 0 Å². The molecule has 1 aliphatic rings. The number of hydrogen-bond donors (Lipinski definition) is 2. The van der Waals surface area contributed by atoms with E-state index in [1.54, 1.807) is 6.07 Å². The summed E-state index contributed by atoms with van der Waals surface area (Å²) in [7, 11) is 0. The van der Waals surface area contributed by atoms with E-state index in [4.69, 9.17) is 10.2 Å². The molecule has 2 heterocycles. The molecule has 0 aromatic carbocycles. The van der Waals surface area contributed by atoms with Gasteiger partial charge in [0.2, 0.25) is 0 Å². The van der Waals surface area contributed by atoms with Crippen LogP contribution in [0.5, 0.6) is 0 Å². The molecule has 1 amide bonds. The van der Waals surface area contributed by atoms with Crippen molar-refractivity contribution in [3.8, 4) is 0 Å². The van der Waals surface area contributed by atoms with Crippen LogP contribution in [0, 0.1) is 5.92 Å². The molecule has 1 aromatic heterocycles. The van der Waals surface area contributed by atoms with Gasteiger partial charge in [-0.2, -0.15) is 0 Å². The van der Waals surface area contributed by atoms with Gasteiger partial charge in [-0.05, 0) is 31.4 Å². The number of piperidine rings is 1. The summed E-state index contributed by atoms with van der Waals surface area (Å²) in [6, 6.07) is 1.69. The molecule has 0 spiro atoms. The summed E-state index contributed by atoms with van der Waals surface area (Å²) >= 11 is 0. The lowest BCUT2D eigenvalue weighted by atomic mass is 10.0. The van der Waals surface area contributed by atoms with E-state index in [0.29, 0.717) is 24.4 Å². The lowest BCUT2D eigenvalue weighted by Gasteiger charge is -2.30. The number of hydrogen-bond acceptors (Lipinski definition) is 4. The zero-order valence-corrected chi connectivity index (χ0v) is 14.0. The predicted molar refractivity (Wildman–Crippen MR) is 88.3 cm³/mol. The number of nitrogens with zero attached hydrogens (tertiary/aromatic N) is 1. The molecule has 1 atom stereocenters. The number of rotatable bonds is 5. The molecule has 21 heavy (non-hydrogen) atoms. The van der Waals surface area contributed by atoms with Gasteiger partial charge in [-0.25, -0.2) is 0 Å². The lowest BCUT2D eigenvalue weighted by molar-refractivity contribution is 0.0943. The molecule has 0 saturated carbocycles. The molecule has 1 saturated heterocycles. The van der Waals surface area contributed by atoms with Crippen molar-refractivity contribution >= 4 is 30.7 Å². The maximum Gasteiger partial charge on any atom is 0.254 e. The van der Waals surface area contributed by atoms with Gasteiger partial charge in [-0.3, -0.25) is 4.79 Å². The number of furan rings is 1. The van der Waals surface area contributed by atoms with E-state index in [1.807, 2.05) is 0 Å². The van der Waals surface area contributed by atoms with E-state index >= 15 is 0 Å². The van der Waals surface area contributed by atoms with Gasteiger partial charge in [0.15, 0.2) is 0 Å². The van der Waals surface area contributed by atoms with Crippen molar-refractivity contribution in [2.45, 2.75) is 26.3 Å². The Hall–Kier alpha value is -0.750. The molecule has 0 radical (unpaired) electrons. The molecule has 7 heteroatoms. The minimum absolute atomic E-state index is 0. The van der Waals surface area contributed by atoms with E-state index in [9.17, 15) is 4.79 Å². The number of amides is 1. The highest BCUT2D eigenvalue weighted by Crippen LogP contribution is 2.14. The largest absolute Gasteiger partial charge is 0.467 e. The van der Waals surface area contributed by atoms with E-state index in [1.165, 1.54) is 19.1 Å². The highest BCUT2D eigenvalue weighted by Gasteiger charge is 2.16. The maximum atomic E-state index is 11.8. The summed E-state index contributed by atoms with van der Waals surface area (Å²) in [5.41, 5.74) is 5.99. The molecule has 5 nitrogen and oxygen atoms in total. The van der Waals surface area contributed by atoms with Gasteiger partial charge in [0.05, 0.1) is 12.1 Å². The number of carbonyl (C=O) groups is 1. The van der Waals surface area contributed by atoms with Crippen LogP contribution in [0.15, 0.2) is 16.7 Å². The van der Waals surface area contributed by atoms with Crippen LogP contribution in [-0.2, 0) is 6.54 Å². The van der Waals surface area contributed by atoms with Gasteiger partial charge in [0.1, 0.15) is 12.0 Å². The molecule has 2 rings (SSSR count). The second-order valence-electron chi connectivity index (χ2n) is 5.31. The van der Waals surface area contributed by atoms with Crippen molar-refractivity contribution in [1.82, 2.24) is 10.2 Å². The Bertz CT molecular complexity index is 426. The highest BCUT2D eigenvalue weighted by molar-refractivity contribution is 5.93.